The molecule has 0 bridgehead atoms. The molecule has 1 aromatic rings. The van der Waals surface area contributed by atoms with Crippen molar-refractivity contribution in [3.63, 3.8) is 0 Å². The van der Waals surface area contributed by atoms with E-state index in [0.717, 1.165) is 25.4 Å². The Labute approximate surface area is 114 Å². The third kappa shape index (κ3) is 2.73. The molecule has 0 aliphatic carbocycles. The molecule has 0 aromatic carbocycles. The Kier molecular flexibility index (Phi) is 4.42. The first-order valence-electron chi connectivity index (χ1n) is 6.66. The van der Waals surface area contributed by atoms with Gasteiger partial charge in [0.15, 0.2) is 11.6 Å². The molecule has 2 rings (SSSR count). The zero-order valence-corrected chi connectivity index (χ0v) is 12.0. The number of hydrogen-bond acceptors (Lipinski definition) is 6. The molecule has 0 saturated carbocycles. The van der Waals surface area contributed by atoms with Crippen LogP contribution in [0.25, 0.3) is 0 Å². The minimum Gasteiger partial charge on any atom is -0.490 e. The molecule has 1 aromatic heterocycles. The molecular formula is C13H22N4O2. The summed E-state index contributed by atoms with van der Waals surface area (Å²) in [5.74, 6) is 2.24. The summed E-state index contributed by atoms with van der Waals surface area (Å²) in [4.78, 5) is 10.9. The Morgan fingerprint density at radius 2 is 2.32 bits per heavy atom. The molecule has 1 aliphatic rings. The predicted octanol–water partition coefficient (Wildman–Crippen LogP) is 1.53. The van der Waals surface area contributed by atoms with E-state index in [1.807, 2.05) is 7.05 Å². The Hall–Kier alpha value is -1.56. The summed E-state index contributed by atoms with van der Waals surface area (Å²) in [6, 6.07) is 0.324. The monoisotopic (exact) mass is 266 g/mol. The van der Waals surface area contributed by atoms with Gasteiger partial charge in [-0.1, -0.05) is 6.92 Å². The maximum atomic E-state index is 5.72. The Balaban J connectivity index is 2.38. The van der Waals surface area contributed by atoms with Gasteiger partial charge in [0.25, 0.3) is 0 Å². The molecule has 6 nitrogen and oxygen atoms in total. The third-order valence-corrected chi connectivity index (χ3v) is 3.44. The highest BCUT2D eigenvalue weighted by Crippen LogP contribution is 2.34. The fourth-order valence-corrected chi connectivity index (χ4v) is 2.38. The number of morpholine rings is 1. The lowest BCUT2D eigenvalue weighted by Crippen LogP contribution is -2.49. The van der Waals surface area contributed by atoms with Gasteiger partial charge in [-0.3, -0.25) is 0 Å². The average molecular weight is 266 g/mol. The van der Waals surface area contributed by atoms with Crippen LogP contribution in [0.2, 0.25) is 0 Å². The highest BCUT2D eigenvalue weighted by Gasteiger charge is 2.29. The van der Waals surface area contributed by atoms with Crippen LogP contribution in [-0.2, 0) is 4.74 Å². The summed E-state index contributed by atoms with van der Waals surface area (Å²) >= 11 is 0. The van der Waals surface area contributed by atoms with Crippen molar-refractivity contribution < 1.29 is 9.47 Å². The molecular weight excluding hydrogens is 244 g/mol. The minimum absolute atomic E-state index is 0.195. The summed E-state index contributed by atoms with van der Waals surface area (Å²) < 4.78 is 11.2. The number of nitrogens with zero attached hydrogens (tertiary/aromatic N) is 3. The van der Waals surface area contributed by atoms with Crippen LogP contribution in [0.4, 0.5) is 11.6 Å². The summed E-state index contributed by atoms with van der Waals surface area (Å²) in [6.45, 7) is 5.77. The fraction of sp³-hybridized carbons (Fsp3) is 0.692. The largest absolute Gasteiger partial charge is 0.490 e. The normalized spacial score (nSPS) is 23.3. The quantitative estimate of drug-likeness (QED) is 0.892. The van der Waals surface area contributed by atoms with E-state index in [2.05, 4.69) is 34.0 Å². The van der Waals surface area contributed by atoms with Gasteiger partial charge in [0.1, 0.15) is 6.33 Å². The lowest BCUT2D eigenvalue weighted by Gasteiger charge is -2.39. The van der Waals surface area contributed by atoms with Crippen LogP contribution in [0.3, 0.4) is 0 Å². The molecule has 2 heterocycles. The van der Waals surface area contributed by atoms with Gasteiger partial charge in [-0.15, -0.1) is 0 Å². The van der Waals surface area contributed by atoms with Gasteiger partial charge in [-0.25, -0.2) is 9.97 Å². The van der Waals surface area contributed by atoms with E-state index < -0.39 is 0 Å². The molecule has 2 atom stereocenters. The van der Waals surface area contributed by atoms with Crippen molar-refractivity contribution in [2.75, 3.05) is 37.5 Å². The van der Waals surface area contributed by atoms with Crippen molar-refractivity contribution in [2.45, 2.75) is 32.4 Å². The Morgan fingerprint density at radius 1 is 1.53 bits per heavy atom. The number of rotatable bonds is 4. The van der Waals surface area contributed by atoms with Crippen molar-refractivity contribution in [2.24, 2.45) is 0 Å². The summed E-state index contributed by atoms with van der Waals surface area (Å²) in [5.41, 5.74) is 0. The molecule has 1 fully saturated rings. The van der Waals surface area contributed by atoms with E-state index in [1.165, 1.54) is 0 Å². The van der Waals surface area contributed by atoms with Gasteiger partial charge in [-0.05, 0) is 13.3 Å². The van der Waals surface area contributed by atoms with E-state index in [9.17, 15) is 0 Å². The molecule has 0 spiro atoms. The zero-order valence-electron chi connectivity index (χ0n) is 12.0. The summed E-state index contributed by atoms with van der Waals surface area (Å²) in [7, 11) is 3.47. The molecule has 6 heteroatoms. The van der Waals surface area contributed by atoms with Gasteiger partial charge < -0.3 is 19.7 Å². The number of ether oxygens (including phenoxy) is 2. The van der Waals surface area contributed by atoms with Crippen LogP contribution in [0.15, 0.2) is 6.33 Å². The first-order valence-corrected chi connectivity index (χ1v) is 6.66. The highest BCUT2D eigenvalue weighted by atomic mass is 16.5. The first kappa shape index (κ1) is 13.9. The molecule has 0 amide bonds. The van der Waals surface area contributed by atoms with Crippen molar-refractivity contribution in [1.29, 1.82) is 0 Å². The summed E-state index contributed by atoms with van der Waals surface area (Å²) in [5, 5.41) is 3.04. The van der Waals surface area contributed by atoms with Crippen LogP contribution < -0.4 is 15.0 Å². The van der Waals surface area contributed by atoms with Gasteiger partial charge >= 0.3 is 0 Å². The fourth-order valence-electron chi connectivity index (χ4n) is 2.38. The number of methoxy groups -OCH3 is 1. The topological polar surface area (TPSA) is 59.5 Å². The zero-order chi connectivity index (χ0) is 13.8. The van der Waals surface area contributed by atoms with E-state index in [4.69, 9.17) is 9.47 Å². The Morgan fingerprint density at radius 3 is 2.95 bits per heavy atom. The second-order valence-electron chi connectivity index (χ2n) is 4.69. The van der Waals surface area contributed by atoms with Crippen molar-refractivity contribution in [3.8, 4) is 5.75 Å². The van der Waals surface area contributed by atoms with E-state index >= 15 is 0 Å². The molecule has 2 unspecified atom stereocenters. The number of aromatic nitrogens is 2. The van der Waals surface area contributed by atoms with Crippen LogP contribution in [0, 0.1) is 0 Å². The van der Waals surface area contributed by atoms with Crippen LogP contribution in [0.5, 0.6) is 5.75 Å². The lowest BCUT2D eigenvalue weighted by atomic mass is 10.1. The predicted molar refractivity (Wildman–Crippen MR) is 75.0 cm³/mol. The SMILES string of the molecule is CCC1COC(C)CN1c1ncnc(NC)c1OC. The third-order valence-electron chi connectivity index (χ3n) is 3.44. The van der Waals surface area contributed by atoms with Crippen molar-refractivity contribution in [3.05, 3.63) is 6.33 Å². The Bertz CT molecular complexity index is 427. The maximum Gasteiger partial charge on any atom is 0.204 e. The smallest absolute Gasteiger partial charge is 0.204 e. The average Bonchev–Trinajstić information content (AvgIpc) is 2.46. The minimum atomic E-state index is 0.195. The van der Waals surface area contributed by atoms with Crippen LogP contribution >= 0.6 is 0 Å². The van der Waals surface area contributed by atoms with Gasteiger partial charge in [-0.2, -0.15) is 0 Å². The van der Waals surface area contributed by atoms with Crippen molar-refractivity contribution >= 4 is 11.6 Å². The van der Waals surface area contributed by atoms with Gasteiger partial charge in [0.2, 0.25) is 5.75 Å². The highest BCUT2D eigenvalue weighted by molar-refractivity contribution is 5.65. The number of hydrogen-bond donors (Lipinski definition) is 1. The van der Waals surface area contributed by atoms with E-state index in [0.29, 0.717) is 17.6 Å². The van der Waals surface area contributed by atoms with Gasteiger partial charge in [0, 0.05) is 13.6 Å². The molecule has 0 radical (unpaired) electrons. The van der Waals surface area contributed by atoms with E-state index in [-0.39, 0.29) is 6.10 Å². The molecule has 1 N–H and O–H groups in total. The first-order chi connectivity index (χ1) is 9.21. The molecule has 1 saturated heterocycles. The van der Waals surface area contributed by atoms with Crippen LogP contribution in [0.1, 0.15) is 20.3 Å². The number of anilines is 2. The van der Waals surface area contributed by atoms with E-state index in [1.54, 1.807) is 13.4 Å². The van der Waals surface area contributed by atoms with Gasteiger partial charge in [0.05, 0.1) is 25.9 Å². The van der Waals surface area contributed by atoms with Crippen molar-refractivity contribution in [1.82, 2.24) is 9.97 Å². The molecule has 1 aliphatic heterocycles. The van der Waals surface area contributed by atoms with Crippen LogP contribution in [-0.4, -0.2) is 49.4 Å². The molecule has 106 valence electrons. The lowest BCUT2D eigenvalue weighted by molar-refractivity contribution is 0.0294. The second kappa shape index (κ2) is 6.06. The standard InChI is InChI=1S/C13H22N4O2/c1-5-10-7-19-9(2)6-17(10)13-11(18-4)12(14-3)15-8-16-13/h8-10H,5-7H2,1-4H3,(H,14,15,16). The second-order valence-corrected chi connectivity index (χ2v) is 4.69. The maximum absolute atomic E-state index is 5.72. The molecule has 19 heavy (non-hydrogen) atoms. The summed E-state index contributed by atoms with van der Waals surface area (Å²) in [6.07, 6.45) is 2.77. The number of nitrogens with one attached hydrogen (secondary N) is 1.